The van der Waals surface area contributed by atoms with Crippen molar-refractivity contribution < 1.29 is 38.5 Å². The Hall–Kier alpha value is -3.12. The number of benzene rings is 2. The normalized spacial score (nSPS) is 24.5. The largest absolute Gasteiger partial charge is 0.480 e. The number of hydrogen-bond donors (Lipinski definition) is 6. The first kappa shape index (κ1) is 30.3. The Morgan fingerprint density at radius 2 is 1.98 bits per heavy atom. The first-order chi connectivity index (χ1) is 19.8. The predicted molar refractivity (Wildman–Crippen MR) is 161 cm³/mol. The third-order valence-electron chi connectivity index (χ3n) is 6.84. The Kier molecular flexibility index (Phi) is 8.32. The second-order valence-electron chi connectivity index (χ2n) is 9.85. The number of nitrogens with two attached hydrogens (primary N) is 1. The van der Waals surface area contributed by atoms with Crippen LogP contribution in [0.3, 0.4) is 0 Å². The summed E-state index contributed by atoms with van der Waals surface area (Å²) in [5.74, 6) is -0.786. The molecule has 5 rings (SSSR count). The molecule has 1 aliphatic rings. The summed E-state index contributed by atoms with van der Waals surface area (Å²) in [6.45, 7) is 2.10. The Morgan fingerprint density at radius 3 is 2.69 bits per heavy atom. The number of nitrogens with zero attached hydrogens (tertiary/aromatic N) is 4. The maximum atomic E-state index is 13.9. The van der Waals surface area contributed by atoms with Gasteiger partial charge in [-0.05, 0) is 25.3 Å². The van der Waals surface area contributed by atoms with Gasteiger partial charge in [-0.25, -0.2) is 9.55 Å². The predicted octanol–water partition coefficient (Wildman–Crippen LogP) is 2.48. The van der Waals surface area contributed by atoms with Crippen LogP contribution in [0.4, 0.5) is 11.8 Å². The first-order valence-corrected chi connectivity index (χ1v) is 15.3. The van der Waals surface area contributed by atoms with Crippen LogP contribution in [0.25, 0.3) is 21.9 Å². The highest BCUT2D eigenvalue weighted by molar-refractivity contribution is 14.1. The van der Waals surface area contributed by atoms with E-state index in [9.17, 15) is 24.7 Å². The van der Waals surface area contributed by atoms with Crippen molar-refractivity contribution in [2.45, 2.75) is 43.9 Å². The quantitative estimate of drug-likeness (QED) is 0.0791. The molecule has 0 amide bonds. The van der Waals surface area contributed by atoms with Crippen LogP contribution in [-0.4, -0.2) is 78.3 Å². The van der Waals surface area contributed by atoms with E-state index in [1.807, 2.05) is 40.8 Å². The van der Waals surface area contributed by atoms with Crippen LogP contribution in [0.5, 0.6) is 5.75 Å². The number of hydrogen-bond acceptors (Lipinski definition) is 12. The minimum absolute atomic E-state index is 0.0485. The molecule has 0 spiro atoms. The minimum atomic E-state index is -4.39. The van der Waals surface area contributed by atoms with Crippen LogP contribution in [0, 0.1) is 3.83 Å². The van der Waals surface area contributed by atoms with Gasteiger partial charge >= 0.3 is 13.7 Å². The van der Waals surface area contributed by atoms with Crippen molar-refractivity contribution in [1.82, 2.24) is 24.6 Å². The van der Waals surface area contributed by atoms with E-state index >= 15 is 0 Å². The molecule has 224 valence electrons. The van der Waals surface area contributed by atoms with E-state index in [0.29, 0.717) is 20.6 Å². The molecule has 3 heterocycles. The van der Waals surface area contributed by atoms with Crippen molar-refractivity contribution in [2.24, 2.45) is 0 Å². The molecule has 6 atom stereocenters. The number of carboxylic acids is 1. The van der Waals surface area contributed by atoms with Crippen LogP contribution in [0.15, 0.2) is 42.5 Å². The molecule has 0 bridgehead atoms. The summed E-state index contributed by atoms with van der Waals surface area (Å²) in [4.78, 5) is 24.4. The van der Waals surface area contributed by atoms with Gasteiger partial charge in [0.2, 0.25) is 5.95 Å². The summed E-state index contributed by atoms with van der Waals surface area (Å²) < 4.78 is 33.3. The molecule has 2 aromatic heterocycles. The molecule has 0 saturated carbocycles. The maximum Gasteiger partial charge on any atom is 0.459 e. The summed E-state index contributed by atoms with van der Waals surface area (Å²) in [7, 11) is -2.75. The maximum absolute atomic E-state index is 13.9. The van der Waals surface area contributed by atoms with Crippen LogP contribution in [0.1, 0.15) is 20.1 Å². The lowest BCUT2D eigenvalue weighted by molar-refractivity contribution is -0.138. The monoisotopic (exact) mass is 713 g/mol. The molecule has 4 aromatic rings. The number of aliphatic hydroxyl groups excluding tert-OH is 1. The molecule has 15 nitrogen and oxygen atoms in total. The van der Waals surface area contributed by atoms with Gasteiger partial charge < -0.3 is 35.6 Å². The number of rotatable bonds is 10. The average Bonchev–Trinajstić information content (AvgIpc) is 3.38. The molecule has 0 aliphatic carbocycles. The fourth-order valence-electron chi connectivity index (χ4n) is 4.66. The lowest BCUT2D eigenvalue weighted by Crippen LogP contribution is -2.44. The number of fused-ring (bicyclic) bond motifs is 2. The van der Waals surface area contributed by atoms with Crippen molar-refractivity contribution in [3.8, 4) is 5.75 Å². The molecular weight excluding hydrogens is 684 g/mol. The fraction of sp³-hybridized carbons (Fsp3) is 0.360. The third kappa shape index (κ3) is 5.62. The molecule has 1 aliphatic heterocycles. The van der Waals surface area contributed by atoms with E-state index in [1.54, 1.807) is 31.3 Å². The standard InChI is InChI=1S/C25H29IN7O8P/c1-12(21(35)36)32-42(38,41-15-10-6-8-13-7-4-5-9-14(13)15)39-11-16-18(34)25(2,37)22(40-16)33-20-17(29-23(33)26)19(28-3)30-24(27)31-20/h4-10,12,16,18,22,34,37H,11H2,1-3H3,(H,32,38)(H,35,36)(H3,27,28,30,31)/t12?,16-,18-,22-,25-,42?/m1/s1. The van der Waals surface area contributed by atoms with E-state index in [1.165, 1.54) is 18.4 Å². The van der Waals surface area contributed by atoms with E-state index in [4.69, 9.17) is 19.5 Å². The Morgan fingerprint density at radius 1 is 1.26 bits per heavy atom. The number of ether oxygens (including phenoxy) is 1. The van der Waals surface area contributed by atoms with Crippen molar-refractivity contribution in [2.75, 3.05) is 24.7 Å². The molecule has 2 aromatic carbocycles. The average molecular weight is 713 g/mol. The zero-order valence-electron chi connectivity index (χ0n) is 22.6. The molecular formula is C25H29IN7O8P. The lowest BCUT2D eigenvalue weighted by atomic mass is 9.96. The highest BCUT2D eigenvalue weighted by atomic mass is 127. The highest BCUT2D eigenvalue weighted by Crippen LogP contribution is 2.48. The zero-order valence-corrected chi connectivity index (χ0v) is 25.7. The van der Waals surface area contributed by atoms with Gasteiger partial charge in [0, 0.05) is 35.0 Å². The number of aliphatic carboxylic acids is 1. The summed E-state index contributed by atoms with van der Waals surface area (Å²) in [6, 6.07) is 11.0. The van der Waals surface area contributed by atoms with Gasteiger partial charge in [-0.1, -0.05) is 36.4 Å². The van der Waals surface area contributed by atoms with Crippen molar-refractivity contribution in [1.29, 1.82) is 0 Å². The zero-order chi connectivity index (χ0) is 30.4. The van der Waals surface area contributed by atoms with Gasteiger partial charge in [0.05, 0.1) is 6.61 Å². The van der Waals surface area contributed by atoms with Crippen LogP contribution < -0.4 is 20.7 Å². The molecule has 1 saturated heterocycles. The summed E-state index contributed by atoms with van der Waals surface area (Å²) in [6.07, 6.45) is -3.99. The third-order valence-corrected chi connectivity index (χ3v) is 9.23. The second kappa shape index (κ2) is 11.5. The van der Waals surface area contributed by atoms with Gasteiger partial charge in [-0.3, -0.25) is 13.9 Å². The topological polar surface area (TPSA) is 216 Å². The number of nitrogen functional groups attached to an aromatic ring is 1. The molecule has 1 fully saturated rings. The number of carbonyl (C=O) groups is 1. The lowest BCUT2D eigenvalue weighted by Gasteiger charge is -2.28. The summed E-state index contributed by atoms with van der Waals surface area (Å²) in [5, 5.41) is 38.7. The first-order valence-electron chi connectivity index (χ1n) is 12.7. The summed E-state index contributed by atoms with van der Waals surface area (Å²) >= 11 is 1.93. The number of anilines is 2. The second-order valence-corrected chi connectivity index (χ2v) is 12.5. The van der Waals surface area contributed by atoms with Gasteiger partial charge in [-0.15, -0.1) is 0 Å². The number of nitrogens with one attached hydrogen (secondary N) is 2. The number of aliphatic hydroxyl groups is 2. The van der Waals surface area contributed by atoms with E-state index < -0.39 is 50.4 Å². The summed E-state index contributed by atoms with van der Waals surface area (Å²) in [5.41, 5.74) is 4.59. The number of halogens is 1. The molecule has 0 radical (unpaired) electrons. The number of carboxylic acid groups (broad SMARTS) is 1. The number of imidazole rings is 1. The molecule has 42 heavy (non-hydrogen) atoms. The van der Waals surface area contributed by atoms with Gasteiger partial charge in [0.25, 0.3) is 0 Å². The Bertz CT molecular complexity index is 1700. The van der Waals surface area contributed by atoms with Crippen LogP contribution in [-0.2, 0) is 18.6 Å². The van der Waals surface area contributed by atoms with E-state index in [0.717, 1.165) is 5.39 Å². The SMILES string of the molecule is CNc1nc(N)nc2c1nc(I)n2[C@@H]1O[C@H](COP(=O)(NC(C)C(=O)O)Oc2cccc3ccccc23)[C@@H](O)[C@@]1(C)O. The van der Waals surface area contributed by atoms with Crippen molar-refractivity contribution in [3.05, 3.63) is 46.3 Å². The fourth-order valence-corrected chi connectivity index (χ4v) is 6.91. The van der Waals surface area contributed by atoms with Gasteiger partial charge in [0.1, 0.15) is 29.6 Å². The molecule has 7 N–H and O–H groups in total. The van der Waals surface area contributed by atoms with Gasteiger partial charge in [-0.2, -0.15) is 15.1 Å². The van der Waals surface area contributed by atoms with E-state index in [-0.39, 0.29) is 17.3 Å². The van der Waals surface area contributed by atoms with E-state index in [2.05, 4.69) is 25.4 Å². The molecule has 17 heteroatoms. The van der Waals surface area contributed by atoms with Crippen molar-refractivity contribution >= 4 is 70.0 Å². The van der Waals surface area contributed by atoms with Crippen LogP contribution >= 0.6 is 30.3 Å². The highest BCUT2D eigenvalue weighted by Gasteiger charge is 2.54. The molecule has 2 unspecified atom stereocenters. The smallest absolute Gasteiger partial charge is 0.459 e. The van der Waals surface area contributed by atoms with Gasteiger partial charge in [0.15, 0.2) is 27.0 Å². The Labute approximate surface area is 253 Å². The van der Waals surface area contributed by atoms with Crippen molar-refractivity contribution in [3.63, 3.8) is 0 Å². The minimum Gasteiger partial charge on any atom is -0.480 e. The Balaban J connectivity index is 1.44. The van der Waals surface area contributed by atoms with Crippen LogP contribution in [0.2, 0.25) is 0 Å². The number of aromatic nitrogens is 4.